The Morgan fingerprint density at radius 3 is 2.58 bits per heavy atom. The smallest absolute Gasteiger partial charge is 0.237 e. The maximum atomic E-state index is 12.0. The molecule has 106 valence electrons. The summed E-state index contributed by atoms with van der Waals surface area (Å²) < 4.78 is 24.1. The predicted octanol–water partition coefficient (Wildman–Crippen LogP) is 2.93. The van der Waals surface area contributed by atoms with Crippen LogP contribution in [0.3, 0.4) is 0 Å². The van der Waals surface area contributed by atoms with Crippen LogP contribution >= 0.6 is 27.7 Å². The molecule has 1 aromatic rings. The highest BCUT2D eigenvalue weighted by Gasteiger charge is 2.19. The first kappa shape index (κ1) is 16.5. The van der Waals surface area contributed by atoms with Crippen molar-refractivity contribution in [1.82, 2.24) is 0 Å². The largest absolute Gasteiger partial charge is 0.324 e. The van der Waals surface area contributed by atoms with Gasteiger partial charge in [0.25, 0.3) is 0 Å². The number of carbonyl (C=O) groups excluding carboxylic acids is 1. The van der Waals surface area contributed by atoms with Crippen LogP contribution in [-0.4, -0.2) is 32.1 Å². The van der Waals surface area contributed by atoms with Gasteiger partial charge >= 0.3 is 0 Å². The Morgan fingerprint density at radius 2 is 2.11 bits per heavy atom. The van der Waals surface area contributed by atoms with Gasteiger partial charge in [0.15, 0.2) is 9.84 Å². The van der Waals surface area contributed by atoms with Crippen molar-refractivity contribution in [2.75, 3.05) is 17.8 Å². The van der Waals surface area contributed by atoms with Crippen molar-refractivity contribution in [2.24, 2.45) is 0 Å². The molecule has 4 nitrogen and oxygen atoms in total. The average Bonchev–Trinajstić information content (AvgIpc) is 2.31. The van der Waals surface area contributed by atoms with Gasteiger partial charge in [-0.3, -0.25) is 4.79 Å². The highest BCUT2D eigenvalue weighted by molar-refractivity contribution is 9.10. The summed E-state index contributed by atoms with van der Waals surface area (Å²) in [6.07, 6.45) is 3.67. The van der Waals surface area contributed by atoms with E-state index in [2.05, 4.69) is 21.2 Å². The van der Waals surface area contributed by atoms with Gasteiger partial charge in [-0.05, 0) is 30.9 Å². The van der Waals surface area contributed by atoms with Crippen molar-refractivity contribution < 1.29 is 13.2 Å². The number of thioether (sulfide) groups is 1. The Labute approximate surface area is 126 Å². The lowest BCUT2D eigenvalue weighted by Crippen LogP contribution is -2.25. The molecule has 1 amide bonds. The number of benzene rings is 1. The number of sulfone groups is 1. The van der Waals surface area contributed by atoms with E-state index in [4.69, 9.17) is 0 Å². The molecule has 0 fully saturated rings. The zero-order valence-corrected chi connectivity index (χ0v) is 14.2. The number of anilines is 1. The minimum absolute atomic E-state index is 0.117. The molecule has 0 radical (unpaired) electrons. The summed E-state index contributed by atoms with van der Waals surface area (Å²) in [5, 5.41) is 2.50. The minimum Gasteiger partial charge on any atom is -0.324 e. The molecule has 0 heterocycles. The molecule has 7 heteroatoms. The fourth-order valence-electron chi connectivity index (χ4n) is 1.58. The molecule has 0 aliphatic rings. The van der Waals surface area contributed by atoms with Crippen LogP contribution in [0.5, 0.6) is 0 Å². The molecule has 1 aromatic carbocycles. The first-order valence-electron chi connectivity index (χ1n) is 5.62. The number of rotatable bonds is 5. The molecule has 0 aliphatic heterocycles. The van der Waals surface area contributed by atoms with E-state index in [1.54, 1.807) is 12.1 Å². The SMILES string of the molecule is CCC(SC)C(=O)Nc1ccc(Br)cc1S(C)(=O)=O. The Kier molecular flexibility index (Phi) is 5.88. The number of amides is 1. The third kappa shape index (κ3) is 4.50. The molecule has 1 rings (SSSR count). The monoisotopic (exact) mass is 365 g/mol. The molecule has 0 aliphatic carbocycles. The van der Waals surface area contributed by atoms with Crippen LogP contribution in [0.15, 0.2) is 27.6 Å². The fraction of sp³-hybridized carbons (Fsp3) is 0.417. The second-order valence-electron chi connectivity index (χ2n) is 4.03. The lowest BCUT2D eigenvalue weighted by molar-refractivity contribution is -0.115. The van der Waals surface area contributed by atoms with E-state index in [-0.39, 0.29) is 16.1 Å². The molecule has 0 spiro atoms. The van der Waals surface area contributed by atoms with Gasteiger partial charge in [-0.1, -0.05) is 22.9 Å². The number of nitrogens with one attached hydrogen (secondary N) is 1. The lowest BCUT2D eigenvalue weighted by atomic mass is 10.2. The van der Waals surface area contributed by atoms with Crippen LogP contribution in [0.25, 0.3) is 0 Å². The normalized spacial score (nSPS) is 13.1. The summed E-state index contributed by atoms with van der Waals surface area (Å²) in [4.78, 5) is 12.1. The van der Waals surface area contributed by atoms with Gasteiger partial charge in [-0.2, -0.15) is 11.8 Å². The summed E-state index contributed by atoms with van der Waals surface area (Å²) in [6, 6.07) is 4.78. The van der Waals surface area contributed by atoms with Crippen LogP contribution in [-0.2, 0) is 14.6 Å². The number of hydrogen-bond acceptors (Lipinski definition) is 4. The van der Waals surface area contributed by atoms with Crippen molar-refractivity contribution in [3.63, 3.8) is 0 Å². The average molecular weight is 366 g/mol. The molecular weight excluding hydrogens is 350 g/mol. The lowest BCUT2D eigenvalue weighted by Gasteiger charge is -2.14. The van der Waals surface area contributed by atoms with Crippen molar-refractivity contribution in [3.8, 4) is 0 Å². The highest BCUT2D eigenvalue weighted by atomic mass is 79.9. The molecule has 1 unspecified atom stereocenters. The Balaban J connectivity index is 3.12. The van der Waals surface area contributed by atoms with Gasteiger partial charge in [0, 0.05) is 10.7 Å². The van der Waals surface area contributed by atoms with Crippen LogP contribution in [0.4, 0.5) is 5.69 Å². The zero-order valence-electron chi connectivity index (χ0n) is 10.9. The quantitative estimate of drug-likeness (QED) is 0.870. The van der Waals surface area contributed by atoms with Gasteiger partial charge in [0.2, 0.25) is 5.91 Å². The minimum atomic E-state index is -3.39. The maximum absolute atomic E-state index is 12.0. The van der Waals surface area contributed by atoms with Crippen molar-refractivity contribution in [2.45, 2.75) is 23.5 Å². The first-order valence-corrected chi connectivity index (χ1v) is 9.60. The molecule has 0 bridgehead atoms. The van der Waals surface area contributed by atoms with E-state index in [1.165, 1.54) is 17.8 Å². The van der Waals surface area contributed by atoms with E-state index in [0.717, 1.165) is 6.26 Å². The van der Waals surface area contributed by atoms with E-state index in [9.17, 15) is 13.2 Å². The van der Waals surface area contributed by atoms with E-state index in [0.29, 0.717) is 16.6 Å². The van der Waals surface area contributed by atoms with Crippen LogP contribution in [0.1, 0.15) is 13.3 Å². The van der Waals surface area contributed by atoms with Gasteiger partial charge in [-0.25, -0.2) is 8.42 Å². The van der Waals surface area contributed by atoms with Gasteiger partial charge < -0.3 is 5.32 Å². The van der Waals surface area contributed by atoms with Crippen molar-refractivity contribution in [3.05, 3.63) is 22.7 Å². The topological polar surface area (TPSA) is 63.2 Å². The molecule has 0 saturated heterocycles. The molecule has 0 saturated carbocycles. The summed E-state index contributed by atoms with van der Waals surface area (Å²) in [5.41, 5.74) is 0.322. The Morgan fingerprint density at radius 1 is 1.47 bits per heavy atom. The third-order valence-corrected chi connectivity index (χ3v) is 5.30. The number of halogens is 1. The van der Waals surface area contributed by atoms with Crippen LogP contribution in [0, 0.1) is 0 Å². The third-order valence-electron chi connectivity index (χ3n) is 2.55. The zero-order chi connectivity index (χ0) is 14.6. The summed E-state index contributed by atoms with van der Waals surface area (Å²) in [5.74, 6) is -0.178. The summed E-state index contributed by atoms with van der Waals surface area (Å²) in [7, 11) is -3.39. The van der Waals surface area contributed by atoms with E-state index < -0.39 is 9.84 Å². The summed E-state index contributed by atoms with van der Waals surface area (Å²) >= 11 is 4.67. The van der Waals surface area contributed by atoms with Crippen molar-refractivity contribution >= 4 is 49.1 Å². The maximum Gasteiger partial charge on any atom is 0.237 e. The van der Waals surface area contributed by atoms with Gasteiger partial charge in [-0.15, -0.1) is 0 Å². The number of hydrogen-bond donors (Lipinski definition) is 1. The van der Waals surface area contributed by atoms with Crippen LogP contribution < -0.4 is 5.32 Å². The molecule has 1 atom stereocenters. The standard InChI is InChI=1S/C12H16BrNO3S2/c1-4-10(18-2)12(15)14-9-6-5-8(13)7-11(9)19(3,16)17/h5-7,10H,4H2,1-3H3,(H,14,15). The second-order valence-corrected chi connectivity index (χ2v) is 7.97. The van der Waals surface area contributed by atoms with E-state index in [1.807, 2.05) is 13.2 Å². The molecule has 19 heavy (non-hydrogen) atoms. The Bertz CT molecular complexity index is 568. The first-order chi connectivity index (χ1) is 8.79. The fourth-order valence-corrected chi connectivity index (χ4v) is 3.56. The molecule has 0 aromatic heterocycles. The van der Waals surface area contributed by atoms with Crippen LogP contribution in [0.2, 0.25) is 0 Å². The number of carbonyl (C=O) groups is 1. The second kappa shape index (κ2) is 6.76. The molecular formula is C12H16BrNO3S2. The summed E-state index contributed by atoms with van der Waals surface area (Å²) in [6.45, 7) is 1.92. The molecule has 1 N–H and O–H groups in total. The Hall–Kier alpha value is -0.530. The predicted molar refractivity (Wildman–Crippen MR) is 83.5 cm³/mol. The van der Waals surface area contributed by atoms with Gasteiger partial charge in [0.1, 0.15) is 0 Å². The van der Waals surface area contributed by atoms with E-state index >= 15 is 0 Å². The van der Waals surface area contributed by atoms with Gasteiger partial charge in [0.05, 0.1) is 15.8 Å². The van der Waals surface area contributed by atoms with Crippen molar-refractivity contribution in [1.29, 1.82) is 0 Å². The highest BCUT2D eigenvalue weighted by Crippen LogP contribution is 2.26.